The zero-order valence-corrected chi connectivity index (χ0v) is 8.98. The third-order valence-electron chi connectivity index (χ3n) is 1.60. The number of hydrogen-bond acceptors (Lipinski definition) is 3. The van der Waals surface area contributed by atoms with Gasteiger partial charge >= 0.3 is 6.18 Å². The largest absolute Gasteiger partial charge is 0.483 e. The molecule has 0 aromatic heterocycles. The first-order chi connectivity index (χ1) is 7.59. The summed E-state index contributed by atoms with van der Waals surface area (Å²) in [4.78, 5) is -0.832. The lowest BCUT2D eigenvalue weighted by Crippen LogP contribution is -2.21. The van der Waals surface area contributed by atoms with Crippen LogP contribution < -0.4 is 9.88 Å². The molecule has 17 heavy (non-hydrogen) atoms. The van der Waals surface area contributed by atoms with E-state index in [0.29, 0.717) is 6.07 Å². The molecule has 0 radical (unpaired) electrons. The lowest BCUT2D eigenvalue weighted by atomic mass is 10.3. The van der Waals surface area contributed by atoms with E-state index in [1.807, 2.05) is 0 Å². The number of benzene rings is 1. The Balaban J connectivity index is 3.08. The Hall–Kier alpha value is -1.35. The van der Waals surface area contributed by atoms with Gasteiger partial charge in [-0.25, -0.2) is 17.9 Å². The Labute approximate surface area is 94.0 Å². The molecule has 0 spiro atoms. The fourth-order valence-electron chi connectivity index (χ4n) is 0.983. The van der Waals surface area contributed by atoms with Crippen LogP contribution in [0.2, 0.25) is 0 Å². The highest BCUT2D eigenvalue weighted by Gasteiger charge is 2.29. The third-order valence-corrected chi connectivity index (χ3v) is 2.54. The van der Waals surface area contributed by atoms with Gasteiger partial charge in [-0.2, -0.15) is 13.2 Å². The quantitative estimate of drug-likeness (QED) is 0.847. The van der Waals surface area contributed by atoms with Crippen molar-refractivity contribution in [2.24, 2.45) is 5.14 Å². The van der Waals surface area contributed by atoms with Crippen molar-refractivity contribution in [3.8, 4) is 5.75 Å². The van der Waals surface area contributed by atoms with E-state index in [1.165, 1.54) is 0 Å². The van der Waals surface area contributed by atoms with Crippen LogP contribution in [0.15, 0.2) is 23.1 Å². The number of alkyl halides is 3. The minimum Gasteiger partial charge on any atom is -0.483 e. The molecule has 2 N–H and O–H groups in total. The number of rotatable bonds is 3. The second kappa shape index (κ2) is 4.49. The molecule has 0 atom stereocenters. The lowest BCUT2D eigenvalue weighted by Gasteiger charge is -2.11. The van der Waals surface area contributed by atoms with Crippen LogP contribution in [0.1, 0.15) is 0 Å². The van der Waals surface area contributed by atoms with E-state index in [0.717, 1.165) is 12.1 Å². The van der Waals surface area contributed by atoms with E-state index in [1.54, 1.807) is 0 Å². The summed E-state index contributed by atoms with van der Waals surface area (Å²) in [5.74, 6) is -1.60. The Kier molecular flexibility index (Phi) is 3.62. The summed E-state index contributed by atoms with van der Waals surface area (Å²) in [6, 6.07) is 2.02. The van der Waals surface area contributed by atoms with Crippen molar-refractivity contribution < 1.29 is 30.7 Å². The fraction of sp³-hybridized carbons (Fsp3) is 0.250. The summed E-state index contributed by atoms with van der Waals surface area (Å²) >= 11 is 0. The van der Waals surface area contributed by atoms with Gasteiger partial charge in [-0.05, 0) is 18.2 Å². The number of hydrogen-bond donors (Lipinski definition) is 1. The number of primary sulfonamides is 1. The van der Waals surface area contributed by atoms with Gasteiger partial charge in [-0.15, -0.1) is 0 Å². The summed E-state index contributed by atoms with van der Waals surface area (Å²) in [6.07, 6.45) is -4.63. The number of halogens is 4. The SMILES string of the molecule is NS(=O)(=O)c1cc(F)ccc1OCC(F)(F)F. The van der Waals surface area contributed by atoms with Gasteiger partial charge in [-0.1, -0.05) is 0 Å². The summed E-state index contributed by atoms with van der Waals surface area (Å²) in [5.41, 5.74) is 0. The standard InChI is InChI=1S/C8H7F4NO3S/c9-5-1-2-6(16-4-8(10,11)12)7(3-5)17(13,14)15/h1-3H,4H2,(H2,13,14,15). The molecule has 1 aromatic carbocycles. The zero-order valence-electron chi connectivity index (χ0n) is 8.16. The first kappa shape index (κ1) is 13.7. The minimum atomic E-state index is -4.63. The lowest BCUT2D eigenvalue weighted by molar-refractivity contribution is -0.153. The van der Waals surface area contributed by atoms with Crippen molar-refractivity contribution in [1.82, 2.24) is 0 Å². The van der Waals surface area contributed by atoms with Gasteiger partial charge in [-0.3, -0.25) is 0 Å². The molecule has 0 fully saturated rings. The minimum absolute atomic E-state index is 0.487. The van der Waals surface area contributed by atoms with Crippen molar-refractivity contribution >= 4 is 10.0 Å². The highest BCUT2D eigenvalue weighted by molar-refractivity contribution is 7.89. The molecule has 0 amide bonds. The maximum atomic E-state index is 12.8. The number of sulfonamides is 1. The molecule has 96 valence electrons. The van der Waals surface area contributed by atoms with Gasteiger partial charge in [0.15, 0.2) is 6.61 Å². The van der Waals surface area contributed by atoms with Crippen LogP contribution in [0.3, 0.4) is 0 Å². The Morgan fingerprint density at radius 2 is 1.88 bits per heavy atom. The average molecular weight is 273 g/mol. The summed E-state index contributed by atoms with van der Waals surface area (Å²) < 4.78 is 74.6. The van der Waals surface area contributed by atoms with E-state index in [2.05, 4.69) is 4.74 Å². The van der Waals surface area contributed by atoms with E-state index >= 15 is 0 Å². The first-order valence-electron chi connectivity index (χ1n) is 4.11. The molecule has 0 aliphatic heterocycles. The van der Waals surface area contributed by atoms with Gasteiger partial charge in [0.25, 0.3) is 0 Å². The van der Waals surface area contributed by atoms with Crippen LogP contribution in [0.25, 0.3) is 0 Å². The Morgan fingerprint density at radius 1 is 1.29 bits per heavy atom. The molecule has 0 bridgehead atoms. The van der Waals surface area contributed by atoms with Gasteiger partial charge in [0.2, 0.25) is 10.0 Å². The highest BCUT2D eigenvalue weighted by atomic mass is 32.2. The van der Waals surface area contributed by atoms with Crippen LogP contribution in [0, 0.1) is 5.82 Å². The summed E-state index contributed by atoms with van der Waals surface area (Å²) in [7, 11) is -4.36. The molecule has 9 heteroatoms. The number of nitrogens with two attached hydrogens (primary N) is 1. The van der Waals surface area contributed by atoms with Crippen molar-refractivity contribution in [3.63, 3.8) is 0 Å². The Bertz CT molecular complexity index is 512. The van der Waals surface area contributed by atoms with Crippen molar-refractivity contribution in [1.29, 1.82) is 0 Å². The van der Waals surface area contributed by atoms with Crippen LogP contribution in [0.4, 0.5) is 17.6 Å². The van der Waals surface area contributed by atoms with Crippen molar-refractivity contribution in [3.05, 3.63) is 24.0 Å². The first-order valence-corrected chi connectivity index (χ1v) is 5.66. The monoisotopic (exact) mass is 273 g/mol. The fourth-order valence-corrected chi connectivity index (χ4v) is 1.67. The van der Waals surface area contributed by atoms with E-state index in [4.69, 9.17) is 5.14 Å². The molecule has 0 saturated carbocycles. The van der Waals surface area contributed by atoms with Gasteiger partial charge in [0.05, 0.1) is 0 Å². The van der Waals surface area contributed by atoms with Crippen molar-refractivity contribution in [2.75, 3.05) is 6.61 Å². The van der Waals surface area contributed by atoms with E-state index in [-0.39, 0.29) is 0 Å². The van der Waals surface area contributed by atoms with Crippen LogP contribution in [0.5, 0.6) is 5.75 Å². The highest BCUT2D eigenvalue weighted by Crippen LogP contribution is 2.25. The molecule has 4 nitrogen and oxygen atoms in total. The maximum Gasteiger partial charge on any atom is 0.422 e. The molecule has 0 aliphatic carbocycles. The maximum absolute atomic E-state index is 12.8. The topological polar surface area (TPSA) is 69.4 Å². The molecule has 0 aliphatic rings. The number of ether oxygens (including phenoxy) is 1. The zero-order chi connectivity index (χ0) is 13.3. The second-order valence-corrected chi connectivity index (χ2v) is 4.57. The third kappa shape index (κ3) is 4.19. The predicted octanol–water partition coefficient (Wildman–Crippen LogP) is 1.41. The summed E-state index contributed by atoms with van der Waals surface area (Å²) in [6.45, 7) is -1.69. The van der Waals surface area contributed by atoms with Crippen molar-refractivity contribution in [2.45, 2.75) is 11.1 Å². The molecule has 1 aromatic rings. The van der Waals surface area contributed by atoms with Gasteiger partial charge < -0.3 is 4.74 Å². The van der Waals surface area contributed by atoms with E-state index < -0.39 is 39.3 Å². The normalized spacial score (nSPS) is 12.5. The molecule has 0 unspecified atom stereocenters. The van der Waals surface area contributed by atoms with Crippen LogP contribution >= 0.6 is 0 Å². The molecule has 0 saturated heterocycles. The van der Waals surface area contributed by atoms with Crippen LogP contribution in [-0.4, -0.2) is 21.2 Å². The molecular weight excluding hydrogens is 266 g/mol. The molecular formula is C8H7F4NO3S. The molecule has 0 heterocycles. The second-order valence-electron chi connectivity index (χ2n) is 3.04. The molecule has 1 rings (SSSR count). The van der Waals surface area contributed by atoms with Gasteiger partial charge in [0, 0.05) is 0 Å². The van der Waals surface area contributed by atoms with Crippen LogP contribution in [-0.2, 0) is 10.0 Å². The summed E-state index contributed by atoms with van der Waals surface area (Å²) in [5, 5.41) is 4.71. The smallest absolute Gasteiger partial charge is 0.422 e. The predicted molar refractivity (Wildman–Crippen MR) is 49.3 cm³/mol. The van der Waals surface area contributed by atoms with E-state index in [9.17, 15) is 26.0 Å². The Morgan fingerprint density at radius 3 is 2.35 bits per heavy atom. The van der Waals surface area contributed by atoms with Gasteiger partial charge in [0.1, 0.15) is 16.5 Å². The average Bonchev–Trinajstić information content (AvgIpc) is 2.13.